The van der Waals surface area contributed by atoms with E-state index >= 15 is 0 Å². The Balaban J connectivity index is 1.43. The maximum absolute atomic E-state index is 6.69. The molecule has 2 atom stereocenters. The van der Waals surface area contributed by atoms with Gasteiger partial charge < -0.3 is 9.64 Å². The standard InChI is InChI=1S/C40H35NO/c1-39-25-13-14-26-40(39,42-2)35-27-29(23-24-36(35)41(39)30-17-7-4-8-18-30)38-33-21-11-9-19-31(33)37(28-15-5-3-6-16-28)32-20-10-12-22-34(32)38/h3-12,15-24,27H,13-14,25-26H2,1-2H3. The lowest BCUT2D eigenvalue weighted by Crippen LogP contribution is -2.57. The molecule has 1 heterocycles. The Morgan fingerprint density at radius 3 is 1.69 bits per heavy atom. The number of benzene rings is 6. The number of methoxy groups -OCH3 is 1. The quantitative estimate of drug-likeness (QED) is 0.204. The zero-order valence-electron chi connectivity index (χ0n) is 24.3. The number of anilines is 2. The minimum atomic E-state index is -0.373. The minimum absolute atomic E-state index is 0.163. The summed E-state index contributed by atoms with van der Waals surface area (Å²) in [4.78, 5) is 2.57. The van der Waals surface area contributed by atoms with E-state index in [4.69, 9.17) is 4.74 Å². The van der Waals surface area contributed by atoms with E-state index in [0.29, 0.717) is 0 Å². The summed E-state index contributed by atoms with van der Waals surface area (Å²) in [5.74, 6) is 0. The predicted molar refractivity (Wildman–Crippen MR) is 176 cm³/mol. The highest BCUT2D eigenvalue weighted by atomic mass is 16.5. The van der Waals surface area contributed by atoms with Gasteiger partial charge in [0.15, 0.2) is 0 Å². The minimum Gasteiger partial charge on any atom is -0.371 e. The highest BCUT2D eigenvalue weighted by Crippen LogP contribution is 2.62. The van der Waals surface area contributed by atoms with Gasteiger partial charge in [-0.25, -0.2) is 0 Å². The first-order valence-corrected chi connectivity index (χ1v) is 15.2. The molecule has 1 saturated carbocycles. The zero-order chi connectivity index (χ0) is 28.3. The second-order valence-corrected chi connectivity index (χ2v) is 12.1. The summed E-state index contributed by atoms with van der Waals surface area (Å²) in [7, 11) is 1.92. The van der Waals surface area contributed by atoms with Crippen LogP contribution < -0.4 is 4.90 Å². The molecule has 1 aliphatic heterocycles. The Hall–Kier alpha value is -4.40. The summed E-state index contributed by atoms with van der Waals surface area (Å²) in [5.41, 5.74) is 8.38. The number of nitrogens with zero attached hydrogens (tertiary/aromatic N) is 1. The molecular formula is C40H35NO. The molecule has 6 aromatic rings. The largest absolute Gasteiger partial charge is 0.371 e. The highest BCUT2D eigenvalue weighted by molar-refractivity contribution is 6.21. The molecule has 0 N–H and O–H groups in total. The average Bonchev–Trinajstić information content (AvgIpc) is 3.28. The van der Waals surface area contributed by atoms with Crippen molar-refractivity contribution in [3.63, 3.8) is 0 Å². The van der Waals surface area contributed by atoms with Crippen LogP contribution in [-0.2, 0) is 10.3 Å². The van der Waals surface area contributed by atoms with Gasteiger partial charge in [-0.3, -0.25) is 0 Å². The summed E-state index contributed by atoms with van der Waals surface area (Å²) in [5, 5.41) is 5.14. The van der Waals surface area contributed by atoms with Crippen molar-refractivity contribution in [2.24, 2.45) is 0 Å². The molecule has 1 fully saturated rings. The van der Waals surface area contributed by atoms with Gasteiger partial charge in [0.05, 0.1) is 5.54 Å². The summed E-state index contributed by atoms with van der Waals surface area (Å²) in [6, 6.07) is 46.7. The van der Waals surface area contributed by atoms with E-state index in [2.05, 4.69) is 139 Å². The van der Waals surface area contributed by atoms with Crippen molar-refractivity contribution in [2.75, 3.05) is 12.0 Å². The number of fused-ring (bicyclic) bond motifs is 5. The number of hydrogen-bond acceptors (Lipinski definition) is 2. The Morgan fingerprint density at radius 1 is 0.571 bits per heavy atom. The van der Waals surface area contributed by atoms with Gasteiger partial charge in [0.2, 0.25) is 0 Å². The fourth-order valence-corrected chi connectivity index (χ4v) is 8.30. The van der Waals surface area contributed by atoms with Crippen LogP contribution in [0.25, 0.3) is 43.8 Å². The first-order valence-electron chi connectivity index (χ1n) is 15.2. The third-order valence-corrected chi connectivity index (χ3v) is 10.1. The lowest BCUT2D eigenvalue weighted by molar-refractivity contribution is -0.0871. The molecule has 2 nitrogen and oxygen atoms in total. The molecule has 0 spiro atoms. The van der Waals surface area contributed by atoms with Crippen molar-refractivity contribution < 1.29 is 4.74 Å². The molecule has 0 saturated heterocycles. The molecular weight excluding hydrogens is 510 g/mol. The first-order chi connectivity index (χ1) is 20.7. The van der Waals surface area contributed by atoms with E-state index in [1.165, 1.54) is 73.6 Å². The van der Waals surface area contributed by atoms with Crippen LogP contribution in [0.2, 0.25) is 0 Å². The monoisotopic (exact) mass is 545 g/mol. The molecule has 0 radical (unpaired) electrons. The molecule has 0 aromatic heterocycles. The molecule has 8 rings (SSSR count). The third-order valence-electron chi connectivity index (χ3n) is 10.1. The van der Waals surface area contributed by atoms with E-state index in [0.717, 1.165) is 12.8 Å². The van der Waals surface area contributed by atoms with E-state index < -0.39 is 0 Å². The van der Waals surface area contributed by atoms with Gasteiger partial charge in [0.25, 0.3) is 0 Å². The fourth-order valence-electron chi connectivity index (χ4n) is 8.30. The van der Waals surface area contributed by atoms with E-state index in [1.807, 2.05) is 7.11 Å². The summed E-state index contributed by atoms with van der Waals surface area (Å²) in [6.45, 7) is 2.42. The molecule has 0 amide bonds. The van der Waals surface area contributed by atoms with Crippen molar-refractivity contribution in [3.05, 3.63) is 133 Å². The van der Waals surface area contributed by atoms with E-state index in [1.54, 1.807) is 0 Å². The van der Waals surface area contributed by atoms with Crippen molar-refractivity contribution in [2.45, 2.75) is 43.7 Å². The second-order valence-electron chi connectivity index (χ2n) is 12.1. The van der Waals surface area contributed by atoms with Crippen molar-refractivity contribution >= 4 is 32.9 Å². The van der Waals surface area contributed by atoms with Crippen LogP contribution in [0.5, 0.6) is 0 Å². The van der Waals surface area contributed by atoms with Crippen molar-refractivity contribution in [1.29, 1.82) is 0 Å². The van der Waals surface area contributed by atoms with Crippen LogP contribution in [0.4, 0.5) is 11.4 Å². The van der Waals surface area contributed by atoms with Crippen molar-refractivity contribution in [1.82, 2.24) is 0 Å². The first kappa shape index (κ1) is 25.3. The normalized spacial score (nSPS) is 21.4. The molecule has 2 unspecified atom stereocenters. The van der Waals surface area contributed by atoms with Crippen LogP contribution >= 0.6 is 0 Å². The van der Waals surface area contributed by atoms with Gasteiger partial charge in [-0.2, -0.15) is 0 Å². The fraction of sp³-hybridized carbons (Fsp3) is 0.200. The van der Waals surface area contributed by atoms with Gasteiger partial charge in [-0.15, -0.1) is 0 Å². The van der Waals surface area contributed by atoms with E-state index in [9.17, 15) is 0 Å². The van der Waals surface area contributed by atoms with E-state index in [-0.39, 0.29) is 11.1 Å². The lowest BCUT2D eigenvalue weighted by atomic mass is 9.68. The lowest BCUT2D eigenvalue weighted by Gasteiger charge is -2.50. The van der Waals surface area contributed by atoms with Crippen LogP contribution in [0.15, 0.2) is 127 Å². The molecule has 0 bridgehead atoms. The molecule has 42 heavy (non-hydrogen) atoms. The molecule has 1 aliphatic carbocycles. The Kier molecular flexibility index (Phi) is 5.77. The van der Waals surface area contributed by atoms with Gasteiger partial charge in [-0.1, -0.05) is 116 Å². The SMILES string of the molecule is COC12CCCCC1(C)N(c1ccccc1)c1ccc(-c3c4ccccc4c(-c4ccccc4)c4ccccc34)cc12. The summed E-state index contributed by atoms with van der Waals surface area (Å²) < 4.78 is 6.69. The van der Waals surface area contributed by atoms with Crippen LogP contribution in [0.1, 0.15) is 38.2 Å². The molecule has 6 aromatic carbocycles. The van der Waals surface area contributed by atoms with Crippen molar-refractivity contribution in [3.8, 4) is 22.3 Å². The third kappa shape index (κ3) is 3.42. The average molecular weight is 546 g/mol. The number of rotatable bonds is 4. The number of hydrogen-bond donors (Lipinski definition) is 0. The van der Waals surface area contributed by atoms with Gasteiger partial charge >= 0.3 is 0 Å². The Bertz CT molecular complexity index is 1890. The molecule has 206 valence electrons. The predicted octanol–water partition coefficient (Wildman–Crippen LogP) is 10.7. The second kappa shape index (κ2) is 9.58. The topological polar surface area (TPSA) is 12.5 Å². The molecule has 2 heteroatoms. The Morgan fingerprint density at radius 2 is 1.10 bits per heavy atom. The van der Waals surface area contributed by atoms with Crippen LogP contribution in [-0.4, -0.2) is 12.6 Å². The van der Waals surface area contributed by atoms with Gasteiger partial charge in [-0.05, 0) is 87.8 Å². The van der Waals surface area contributed by atoms with Crippen LogP contribution in [0, 0.1) is 0 Å². The van der Waals surface area contributed by atoms with Gasteiger partial charge in [0.1, 0.15) is 5.60 Å². The summed E-state index contributed by atoms with van der Waals surface area (Å²) >= 11 is 0. The van der Waals surface area contributed by atoms with Crippen LogP contribution in [0.3, 0.4) is 0 Å². The Labute approximate surface area is 248 Å². The van der Waals surface area contributed by atoms with Gasteiger partial charge in [0, 0.05) is 24.0 Å². The highest BCUT2D eigenvalue weighted by Gasteiger charge is 2.61. The summed E-state index contributed by atoms with van der Waals surface area (Å²) in [6.07, 6.45) is 4.50. The zero-order valence-corrected chi connectivity index (χ0v) is 24.3. The maximum Gasteiger partial charge on any atom is 0.118 e. The molecule has 2 aliphatic rings. The maximum atomic E-state index is 6.69. The number of ether oxygens (including phenoxy) is 1. The number of para-hydroxylation sites is 1. The smallest absolute Gasteiger partial charge is 0.118 e.